The summed E-state index contributed by atoms with van der Waals surface area (Å²) in [5, 5.41) is 2.17. The van der Waals surface area contributed by atoms with Crippen molar-refractivity contribution in [3.63, 3.8) is 0 Å². The van der Waals surface area contributed by atoms with E-state index in [0.717, 1.165) is 5.56 Å². The number of aromatic nitrogens is 1. The topological polar surface area (TPSA) is 78.3 Å². The van der Waals surface area contributed by atoms with Gasteiger partial charge in [-0.2, -0.15) is 13.2 Å². The molecule has 124 valence electrons. The zero-order valence-corrected chi connectivity index (χ0v) is 12.3. The van der Waals surface area contributed by atoms with Gasteiger partial charge in [-0.1, -0.05) is 0 Å². The van der Waals surface area contributed by atoms with Crippen molar-refractivity contribution in [2.24, 2.45) is 0 Å². The summed E-state index contributed by atoms with van der Waals surface area (Å²) in [5.74, 6) is 0.626. The fourth-order valence-electron chi connectivity index (χ4n) is 1.85. The first kappa shape index (κ1) is 16.7. The Morgan fingerprint density at radius 1 is 1.43 bits per heavy atom. The van der Waals surface area contributed by atoms with Gasteiger partial charge in [-0.25, -0.2) is 4.79 Å². The normalized spacial score (nSPS) is 11.3. The van der Waals surface area contributed by atoms with Gasteiger partial charge in [0.25, 0.3) is 5.56 Å². The lowest BCUT2D eigenvalue weighted by molar-refractivity contribution is -0.137. The number of anilines is 1. The van der Waals surface area contributed by atoms with Gasteiger partial charge in [0, 0.05) is 18.8 Å². The molecular formula is C14H14F3N3O3. The van der Waals surface area contributed by atoms with E-state index in [-0.39, 0.29) is 6.54 Å². The van der Waals surface area contributed by atoms with Crippen molar-refractivity contribution in [1.82, 2.24) is 9.88 Å². The molecule has 2 aromatic heterocycles. The number of carbonyl (C=O) groups excluding carboxylic acids is 1. The first-order valence-corrected chi connectivity index (χ1v) is 6.53. The molecule has 2 rings (SSSR count). The molecule has 0 spiro atoms. The molecule has 0 aliphatic heterocycles. The molecule has 2 aromatic rings. The van der Waals surface area contributed by atoms with Crippen LogP contribution in [0.2, 0.25) is 0 Å². The Morgan fingerprint density at radius 2 is 2.13 bits per heavy atom. The lowest BCUT2D eigenvalue weighted by Gasteiger charge is -2.17. The second kappa shape index (κ2) is 6.19. The summed E-state index contributed by atoms with van der Waals surface area (Å²) in [7, 11) is 1.45. The van der Waals surface area contributed by atoms with Gasteiger partial charge in [0.15, 0.2) is 0 Å². The summed E-state index contributed by atoms with van der Waals surface area (Å²) in [6.45, 7) is 1.91. The fourth-order valence-corrected chi connectivity index (χ4v) is 1.85. The highest BCUT2D eigenvalue weighted by atomic mass is 19.4. The van der Waals surface area contributed by atoms with Crippen molar-refractivity contribution >= 4 is 11.7 Å². The van der Waals surface area contributed by atoms with Crippen LogP contribution in [0.1, 0.15) is 16.9 Å². The van der Waals surface area contributed by atoms with Crippen LogP contribution in [0.5, 0.6) is 0 Å². The Morgan fingerprint density at radius 3 is 2.70 bits per heavy atom. The number of urea groups is 1. The third-order valence-corrected chi connectivity index (χ3v) is 3.19. The van der Waals surface area contributed by atoms with Crippen LogP contribution in [-0.2, 0) is 12.7 Å². The number of pyridine rings is 1. The van der Waals surface area contributed by atoms with Crippen molar-refractivity contribution in [1.29, 1.82) is 0 Å². The van der Waals surface area contributed by atoms with E-state index in [2.05, 4.69) is 5.32 Å². The second-order valence-corrected chi connectivity index (χ2v) is 4.92. The van der Waals surface area contributed by atoms with Gasteiger partial charge < -0.3 is 19.6 Å². The molecule has 23 heavy (non-hydrogen) atoms. The smallest absolute Gasteiger partial charge is 0.417 e. The lowest BCUT2D eigenvalue weighted by atomic mass is 10.2. The Balaban J connectivity index is 2.13. The van der Waals surface area contributed by atoms with Crippen molar-refractivity contribution in [2.45, 2.75) is 19.6 Å². The summed E-state index contributed by atoms with van der Waals surface area (Å²) in [4.78, 5) is 26.7. The number of halogens is 3. The molecule has 0 bridgehead atoms. The number of carbonyl (C=O) groups is 1. The quantitative estimate of drug-likeness (QED) is 0.909. The van der Waals surface area contributed by atoms with Crippen molar-refractivity contribution in [3.05, 3.63) is 51.8 Å². The number of alkyl halides is 3. The van der Waals surface area contributed by atoms with E-state index in [0.29, 0.717) is 18.0 Å². The van der Waals surface area contributed by atoms with E-state index < -0.39 is 29.0 Å². The van der Waals surface area contributed by atoms with Gasteiger partial charge >= 0.3 is 12.2 Å². The first-order chi connectivity index (χ1) is 10.7. The number of rotatable bonds is 3. The molecule has 2 amide bonds. The maximum absolute atomic E-state index is 12.6. The molecular weight excluding hydrogens is 315 g/mol. The van der Waals surface area contributed by atoms with Crippen LogP contribution in [0.3, 0.4) is 0 Å². The average molecular weight is 329 g/mol. The summed E-state index contributed by atoms with van der Waals surface area (Å²) in [5.41, 5.74) is -1.60. The minimum atomic E-state index is -4.62. The fraction of sp³-hybridized carbons (Fsp3) is 0.286. The number of H-pyrrole nitrogens is 1. The van der Waals surface area contributed by atoms with Gasteiger partial charge in [-0.05, 0) is 19.1 Å². The molecule has 6 nitrogen and oxygen atoms in total. The number of aromatic amines is 1. The van der Waals surface area contributed by atoms with Crippen LogP contribution in [0.4, 0.5) is 23.7 Å². The van der Waals surface area contributed by atoms with Gasteiger partial charge in [0.05, 0.1) is 18.4 Å². The van der Waals surface area contributed by atoms with Crippen LogP contribution in [0.25, 0.3) is 0 Å². The van der Waals surface area contributed by atoms with Gasteiger partial charge in [0.2, 0.25) is 0 Å². The van der Waals surface area contributed by atoms with E-state index in [4.69, 9.17) is 4.42 Å². The molecule has 0 saturated heterocycles. The highest BCUT2D eigenvalue weighted by molar-refractivity contribution is 5.89. The van der Waals surface area contributed by atoms with E-state index in [9.17, 15) is 22.8 Å². The number of aryl methyl sites for hydroxylation is 1. The van der Waals surface area contributed by atoms with Crippen molar-refractivity contribution in [3.8, 4) is 0 Å². The van der Waals surface area contributed by atoms with E-state index in [1.807, 2.05) is 4.98 Å². The standard InChI is InChI=1S/C14H14F3N3O3/c1-8-9(3-4-23-8)7-20(2)13(22)19-11-5-10(14(15,16)17)6-18-12(11)21/h3-6H,7H2,1-2H3,(H,18,21)(H,19,22). The molecule has 0 unspecified atom stereocenters. The average Bonchev–Trinajstić information content (AvgIpc) is 2.85. The zero-order chi connectivity index (χ0) is 17.2. The molecule has 0 fully saturated rings. The maximum atomic E-state index is 12.6. The number of amides is 2. The molecule has 2 N–H and O–H groups in total. The predicted octanol–water partition coefficient (Wildman–Crippen LogP) is 2.96. The highest BCUT2D eigenvalue weighted by Gasteiger charge is 2.31. The van der Waals surface area contributed by atoms with Crippen LogP contribution in [-0.4, -0.2) is 23.0 Å². The third kappa shape index (κ3) is 3.93. The van der Waals surface area contributed by atoms with E-state index in [1.54, 1.807) is 13.0 Å². The third-order valence-electron chi connectivity index (χ3n) is 3.19. The molecule has 0 radical (unpaired) electrons. The van der Waals surface area contributed by atoms with Gasteiger partial charge in [-0.3, -0.25) is 4.79 Å². The Labute approximate surface area is 128 Å². The van der Waals surface area contributed by atoms with Crippen molar-refractivity contribution in [2.75, 3.05) is 12.4 Å². The Kier molecular flexibility index (Phi) is 4.48. The van der Waals surface area contributed by atoms with E-state index >= 15 is 0 Å². The Bertz CT molecular complexity index is 764. The second-order valence-electron chi connectivity index (χ2n) is 4.92. The molecule has 0 aliphatic carbocycles. The molecule has 0 aliphatic rings. The highest BCUT2D eigenvalue weighted by Crippen LogP contribution is 2.29. The minimum Gasteiger partial charge on any atom is -0.469 e. The van der Waals surface area contributed by atoms with Crippen LogP contribution in [0, 0.1) is 6.92 Å². The number of furan rings is 1. The van der Waals surface area contributed by atoms with Crippen LogP contribution < -0.4 is 10.9 Å². The summed E-state index contributed by atoms with van der Waals surface area (Å²) in [6, 6.07) is 1.56. The summed E-state index contributed by atoms with van der Waals surface area (Å²) in [6.07, 6.45) is -2.60. The molecule has 2 heterocycles. The Hall–Kier alpha value is -2.71. The lowest BCUT2D eigenvalue weighted by Crippen LogP contribution is -2.33. The van der Waals surface area contributed by atoms with Crippen molar-refractivity contribution < 1.29 is 22.4 Å². The zero-order valence-electron chi connectivity index (χ0n) is 12.3. The van der Waals surface area contributed by atoms with Gasteiger partial charge in [-0.15, -0.1) is 0 Å². The maximum Gasteiger partial charge on any atom is 0.417 e. The molecule has 0 atom stereocenters. The SMILES string of the molecule is Cc1occc1CN(C)C(=O)Nc1cc(C(F)(F)F)c[nH]c1=O. The van der Waals surface area contributed by atoms with E-state index in [1.165, 1.54) is 18.2 Å². The van der Waals surface area contributed by atoms with Crippen LogP contribution in [0.15, 0.2) is 33.8 Å². The number of hydrogen-bond donors (Lipinski definition) is 2. The molecule has 0 saturated carbocycles. The monoisotopic (exact) mass is 329 g/mol. The summed E-state index contributed by atoms with van der Waals surface area (Å²) >= 11 is 0. The summed E-state index contributed by atoms with van der Waals surface area (Å²) < 4.78 is 43.0. The molecule has 0 aromatic carbocycles. The van der Waals surface area contributed by atoms with Crippen LogP contribution >= 0.6 is 0 Å². The molecule has 9 heteroatoms. The minimum absolute atomic E-state index is 0.186. The predicted molar refractivity (Wildman–Crippen MR) is 76.0 cm³/mol. The largest absolute Gasteiger partial charge is 0.469 e. The number of nitrogens with zero attached hydrogens (tertiary/aromatic N) is 1. The first-order valence-electron chi connectivity index (χ1n) is 6.53. The number of hydrogen-bond acceptors (Lipinski definition) is 3. The van der Waals surface area contributed by atoms with Gasteiger partial charge in [0.1, 0.15) is 11.4 Å². The number of nitrogens with one attached hydrogen (secondary N) is 2.